The van der Waals surface area contributed by atoms with Crippen LogP contribution in [0.25, 0.3) is 0 Å². The molecule has 1 aromatic heterocycles. The van der Waals surface area contributed by atoms with Crippen LogP contribution in [0.3, 0.4) is 0 Å². The Morgan fingerprint density at radius 1 is 1.24 bits per heavy atom. The summed E-state index contributed by atoms with van der Waals surface area (Å²) in [7, 11) is 1.65. The number of carbonyl (C=O) groups excluding carboxylic acids is 2. The van der Waals surface area contributed by atoms with E-state index in [1.807, 2.05) is 13.8 Å². The largest absolute Gasteiger partial charge is 0.490 e. The first-order valence-corrected chi connectivity index (χ1v) is 13.6. The van der Waals surface area contributed by atoms with E-state index in [1.165, 1.54) is 11.1 Å². The quantitative estimate of drug-likeness (QED) is 0.120. The Morgan fingerprint density at radius 3 is 2.56 bits per heavy atom. The molecule has 14 nitrogen and oxygen atoms in total. The van der Waals surface area contributed by atoms with Gasteiger partial charge in [-0.2, -0.15) is 4.98 Å². The number of nitrogens with zero attached hydrogens (tertiary/aromatic N) is 3. The number of amides is 1. The second-order valence-corrected chi connectivity index (χ2v) is 10.2. The van der Waals surface area contributed by atoms with Gasteiger partial charge in [-0.1, -0.05) is 40.7 Å². The van der Waals surface area contributed by atoms with Gasteiger partial charge in [0.15, 0.2) is 23.1 Å². The third kappa shape index (κ3) is 9.50. The average Bonchev–Trinajstić information content (AvgIpc) is 2.93. The van der Waals surface area contributed by atoms with Crippen molar-refractivity contribution in [3.8, 4) is 17.2 Å². The molecule has 2 heterocycles. The molecule has 8 N–H and O–H groups in total. The third-order valence-corrected chi connectivity index (χ3v) is 6.05. The second kappa shape index (κ2) is 15.4. The summed E-state index contributed by atoms with van der Waals surface area (Å²) in [4.78, 5) is 44.2. The fourth-order valence-electron chi connectivity index (χ4n) is 3.63. The number of aliphatic hydroxyl groups excluding tert-OH is 1. The number of likely N-dealkylation sites (N-methyl/N-ethyl adjacent to an activating group) is 1. The van der Waals surface area contributed by atoms with E-state index in [-0.39, 0.29) is 50.2 Å². The molecule has 0 fully saturated rings. The number of hydrogen-bond donors (Lipinski definition) is 6. The fraction of sp³-hybridized carbons (Fsp3) is 0.556. The second-order valence-electron chi connectivity index (χ2n) is 10.2. The predicted octanol–water partition coefficient (Wildman–Crippen LogP) is 0.312. The lowest BCUT2D eigenvalue weighted by Gasteiger charge is -2.29. The average molecular weight is 577 g/mol. The standard InChI is InChI=1S/C25H38N8O6.C2H6/c1-25(2,3)19(35)12-32(10-15(14-34)28-4)20(36)13-33-11-18-22(31-24(33)37)30-21-16(6-5-7-17(21)39-18)38-9-8-29-23(26)27;1-2/h5-7,11,15,23,28-29,34H,8-10,12-14,26-27H2,1-4H3,(H,30,31,37);1-2H3. The lowest BCUT2D eigenvalue weighted by Crippen LogP contribution is -2.49. The van der Waals surface area contributed by atoms with Crippen LogP contribution in [0.1, 0.15) is 34.6 Å². The number of nitrogens with two attached hydrogens (primary N) is 2. The smallest absolute Gasteiger partial charge is 0.350 e. The van der Waals surface area contributed by atoms with Gasteiger partial charge in [0.1, 0.15) is 30.9 Å². The number of ketones is 1. The monoisotopic (exact) mass is 576 g/mol. The van der Waals surface area contributed by atoms with Gasteiger partial charge in [0.2, 0.25) is 5.91 Å². The molecule has 1 amide bonds. The summed E-state index contributed by atoms with van der Waals surface area (Å²) in [6.07, 6.45) is 0.736. The Morgan fingerprint density at radius 2 is 1.95 bits per heavy atom. The molecule has 3 rings (SSSR count). The van der Waals surface area contributed by atoms with Crippen molar-refractivity contribution >= 4 is 23.2 Å². The molecule has 0 aliphatic carbocycles. The van der Waals surface area contributed by atoms with E-state index in [0.717, 1.165) is 4.57 Å². The van der Waals surface area contributed by atoms with Gasteiger partial charge in [0.25, 0.3) is 0 Å². The van der Waals surface area contributed by atoms with E-state index in [9.17, 15) is 19.5 Å². The number of carbonyl (C=O) groups is 2. The highest BCUT2D eigenvalue weighted by molar-refractivity contribution is 5.89. The van der Waals surface area contributed by atoms with Crippen molar-refractivity contribution < 1.29 is 24.2 Å². The van der Waals surface area contributed by atoms with Crippen LogP contribution in [-0.4, -0.2) is 83.5 Å². The van der Waals surface area contributed by atoms with E-state index in [4.69, 9.17) is 20.9 Å². The van der Waals surface area contributed by atoms with Crippen LogP contribution < -0.4 is 42.6 Å². The Balaban J connectivity index is 0.00000287. The molecule has 2 aromatic rings. The van der Waals surface area contributed by atoms with E-state index in [1.54, 1.807) is 46.0 Å². The van der Waals surface area contributed by atoms with Gasteiger partial charge in [-0.15, -0.1) is 0 Å². The van der Waals surface area contributed by atoms with Crippen molar-refractivity contribution in [3.63, 3.8) is 0 Å². The highest BCUT2D eigenvalue weighted by Gasteiger charge is 2.28. The molecule has 0 saturated heterocycles. The molecule has 1 aliphatic rings. The SMILES string of the molecule is CC.CNC(CO)CN(CC(=O)C(C)(C)C)C(=O)Cn1cc2c(nc1=O)Nc1c(OCCNC(N)N)cccc1O2. The lowest BCUT2D eigenvalue weighted by atomic mass is 9.90. The van der Waals surface area contributed by atoms with Crippen molar-refractivity contribution in [2.75, 3.05) is 45.2 Å². The maximum atomic E-state index is 13.3. The van der Waals surface area contributed by atoms with Gasteiger partial charge < -0.3 is 41.6 Å². The first kappa shape index (κ1) is 33.6. The molecule has 228 valence electrons. The van der Waals surface area contributed by atoms with Crippen LogP contribution in [0.4, 0.5) is 11.5 Å². The van der Waals surface area contributed by atoms with E-state index in [2.05, 4.69) is 20.9 Å². The first-order valence-electron chi connectivity index (χ1n) is 13.6. The zero-order chi connectivity index (χ0) is 30.7. The van der Waals surface area contributed by atoms with Crippen LogP contribution >= 0.6 is 0 Å². The molecular formula is C27H44N8O6. The number of ether oxygens (including phenoxy) is 2. The Labute approximate surface area is 240 Å². The van der Waals surface area contributed by atoms with Crippen molar-refractivity contribution in [1.82, 2.24) is 25.1 Å². The van der Waals surface area contributed by atoms with Crippen LogP contribution in [0, 0.1) is 5.41 Å². The normalized spacial score (nSPS) is 12.6. The van der Waals surface area contributed by atoms with Gasteiger partial charge in [0, 0.05) is 24.5 Å². The molecule has 1 aromatic carbocycles. The fourth-order valence-corrected chi connectivity index (χ4v) is 3.63. The zero-order valence-electron chi connectivity index (χ0n) is 24.7. The van der Waals surface area contributed by atoms with E-state index >= 15 is 0 Å². The number of fused-ring (bicyclic) bond motifs is 2. The number of anilines is 2. The van der Waals surface area contributed by atoms with Gasteiger partial charge in [-0.25, -0.2) is 4.79 Å². The van der Waals surface area contributed by atoms with Crippen molar-refractivity contribution in [1.29, 1.82) is 0 Å². The summed E-state index contributed by atoms with van der Waals surface area (Å²) in [5.74, 6) is 0.709. The first-order chi connectivity index (χ1) is 19.4. The molecule has 1 aliphatic heterocycles. The number of aromatic nitrogens is 2. The van der Waals surface area contributed by atoms with Crippen LogP contribution in [0.2, 0.25) is 0 Å². The number of rotatable bonds is 13. The number of Topliss-reactive ketones (excluding diaryl/α,β-unsaturated/α-hetero) is 1. The summed E-state index contributed by atoms with van der Waals surface area (Å²) in [5, 5.41) is 18.4. The number of hydrogen-bond acceptors (Lipinski definition) is 12. The minimum atomic E-state index is -0.685. The maximum absolute atomic E-state index is 13.3. The number of aliphatic hydroxyl groups is 1. The highest BCUT2D eigenvalue weighted by Crippen LogP contribution is 2.44. The molecule has 0 saturated carbocycles. The Kier molecular flexibility index (Phi) is 12.7. The highest BCUT2D eigenvalue weighted by atomic mass is 16.5. The minimum Gasteiger partial charge on any atom is -0.490 e. The van der Waals surface area contributed by atoms with Crippen molar-refractivity contribution in [3.05, 3.63) is 34.9 Å². The molecule has 0 spiro atoms. The van der Waals surface area contributed by atoms with Gasteiger partial charge in [-0.05, 0) is 19.2 Å². The molecule has 14 heteroatoms. The molecule has 0 radical (unpaired) electrons. The third-order valence-electron chi connectivity index (χ3n) is 6.05. The number of benzene rings is 1. The molecule has 1 unspecified atom stereocenters. The lowest BCUT2D eigenvalue weighted by molar-refractivity contribution is -0.138. The molecular weight excluding hydrogens is 532 g/mol. The van der Waals surface area contributed by atoms with Crippen LogP contribution in [0.15, 0.2) is 29.2 Å². The summed E-state index contributed by atoms with van der Waals surface area (Å²) >= 11 is 0. The maximum Gasteiger partial charge on any atom is 0.350 e. The number of nitrogens with one attached hydrogen (secondary N) is 3. The van der Waals surface area contributed by atoms with Gasteiger partial charge in [0.05, 0.1) is 19.3 Å². The number of para-hydroxylation sites is 1. The van der Waals surface area contributed by atoms with E-state index in [0.29, 0.717) is 23.7 Å². The molecule has 0 bridgehead atoms. The summed E-state index contributed by atoms with van der Waals surface area (Å²) in [5.41, 5.74) is 10.1. The van der Waals surface area contributed by atoms with Gasteiger partial charge in [-0.3, -0.25) is 19.5 Å². The predicted molar refractivity (Wildman–Crippen MR) is 156 cm³/mol. The van der Waals surface area contributed by atoms with Crippen LogP contribution in [-0.2, 0) is 16.1 Å². The minimum absolute atomic E-state index is 0.0850. The van der Waals surface area contributed by atoms with Gasteiger partial charge >= 0.3 is 5.69 Å². The summed E-state index contributed by atoms with van der Waals surface area (Å²) in [6, 6.07) is 4.77. The summed E-state index contributed by atoms with van der Waals surface area (Å²) < 4.78 is 12.9. The summed E-state index contributed by atoms with van der Waals surface area (Å²) in [6.45, 7) is 9.33. The molecule has 41 heavy (non-hydrogen) atoms. The van der Waals surface area contributed by atoms with E-state index < -0.39 is 29.3 Å². The van der Waals surface area contributed by atoms with Crippen molar-refractivity contribution in [2.24, 2.45) is 16.9 Å². The molecule has 1 atom stereocenters. The zero-order valence-corrected chi connectivity index (χ0v) is 24.7. The topological polar surface area (TPSA) is 199 Å². The Hall–Kier alpha value is -3.56. The van der Waals surface area contributed by atoms with Crippen molar-refractivity contribution in [2.45, 2.75) is 53.5 Å². The van der Waals surface area contributed by atoms with Crippen LogP contribution in [0.5, 0.6) is 17.2 Å². The Bertz CT molecular complexity index is 1220.